The Hall–Kier alpha value is -1.52. The molecule has 3 nitrogen and oxygen atoms in total. The molecule has 0 amide bonds. The Kier molecular flexibility index (Phi) is 5.37. The second-order valence-corrected chi connectivity index (χ2v) is 6.74. The van der Waals surface area contributed by atoms with Crippen molar-refractivity contribution < 1.29 is 0 Å². The van der Waals surface area contributed by atoms with Crippen LogP contribution in [0.2, 0.25) is 0 Å². The van der Waals surface area contributed by atoms with Crippen LogP contribution < -0.4 is 16.0 Å². The second kappa shape index (κ2) is 6.93. The number of rotatable bonds is 3. The lowest BCUT2D eigenvalue weighted by atomic mass is 10.1. The maximum atomic E-state index is 6.20. The van der Waals surface area contributed by atoms with E-state index >= 15 is 0 Å². The number of hydrogen-bond donors (Lipinski definition) is 2. The molecule has 23 heavy (non-hydrogen) atoms. The fourth-order valence-electron chi connectivity index (χ4n) is 2.94. The van der Waals surface area contributed by atoms with Crippen molar-refractivity contribution in [1.29, 1.82) is 0 Å². The van der Waals surface area contributed by atoms with E-state index in [1.807, 2.05) is 11.8 Å². The Morgan fingerprint density at radius 2 is 1.78 bits per heavy atom. The molecule has 2 aromatic carbocycles. The summed E-state index contributed by atoms with van der Waals surface area (Å²) in [6, 6.07) is 8.80. The molecule has 3 N–H and O–H groups in total. The van der Waals surface area contributed by atoms with Crippen LogP contribution in [-0.4, -0.2) is 13.1 Å². The molecule has 1 heterocycles. The standard InChI is InChI=1S/C18H23N3S.ClH/c1-5-21(6-2)13-7-8-14-16(10-13)22-18-12(4)17(19)11(3)9-15(18)20-14;/h7-10,20H,5-6,19H2,1-4H3;1H. The summed E-state index contributed by atoms with van der Waals surface area (Å²) in [7, 11) is 0. The number of nitrogens with two attached hydrogens (primary N) is 1. The molecule has 3 rings (SSSR count). The number of nitrogens with zero attached hydrogens (tertiary/aromatic N) is 1. The summed E-state index contributed by atoms with van der Waals surface area (Å²) in [4.78, 5) is 4.88. The summed E-state index contributed by atoms with van der Waals surface area (Å²) < 4.78 is 0. The van der Waals surface area contributed by atoms with E-state index in [1.165, 1.54) is 26.7 Å². The van der Waals surface area contributed by atoms with Crippen LogP contribution >= 0.6 is 24.2 Å². The molecule has 0 saturated carbocycles. The monoisotopic (exact) mass is 349 g/mol. The molecule has 2 aromatic rings. The molecular weight excluding hydrogens is 326 g/mol. The van der Waals surface area contributed by atoms with Crippen molar-refractivity contribution in [2.45, 2.75) is 37.5 Å². The molecule has 0 aromatic heterocycles. The maximum Gasteiger partial charge on any atom is 0.0533 e. The van der Waals surface area contributed by atoms with E-state index in [0.29, 0.717) is 0 Å². The molecule has 124 valence electrons. The summed E-state index contributed by atoms with van der Waals surface area (Å²) in [6.07, 6.45) is 0. The van der Waals surface area contributed by atoms with Crippen LogP contribution in [0.4, 0.5) is 22.7 Å². The third-order valence-corrected chi connectivity index (χ3v) is 5.64. The zero-order valence-corrected chi connectivity index (χ0v) is 15.7. The van der Waals surface area contributed by atoms with Gasteiger partial charge in [-0.05, 0) is 63.1 Å². The van der Waals surface area contributed by atoms with E-state index in [4.69, 9.17) is 5.73 Å². The van der Waals surface area contributed by atoms with Gasteiger partial charge in [0.05, 0.1) is 11.4 Å². The fraction of sp³-hybridized carbons (Fsp3) is 0.333. The largest absolute Gasteiger partial charge is 0.398 e. The van der Waals surface area contributed by atoms with Gasteiger partial charge in [-0.3, -0.25) is 0 Å². The van der Waals surface area contributed by atoms with Gasteiger partial charge in [-0.1, -0.05) is 11.8 Å². The first kappa shape index (κ1) is 17.8. The minimum absolute atomic E-state index is 0. The van der Waals surface area contributed by atoms with Crippen LogP contribution in [0, 0.1) is 13.8 Å². The maximum absolute atomic E-state index is 6.20. The quantitative estimate of drug-likeness (QED) is 0.624. The van der Waals surface area contributed by atoms with Gasteiger partial charge in [0.15, 0.2) is 0 Å². The number of nitrogen functional groups attached to an aromatic ring is 1. The molecule has 0 spiro atoms. The average molecular weight is 350 g/mol. The van der Waals surface area contributed by atoms with Gasteiger partial charge in [0.1, 0.15) is 0 Å². The highest BCUT2D eigenvalue weighted by Gasteiger charge is 2.20. The Labute approximate surface area is 149 Å². The molecule has 0 bridgehead atoms. The highest BCUT2D eigenvalue weighted by molar-refractivity contribution is 7.99. The number of nitrogens with one attached hydrogen (secondary N) is 1. The summed E-state index contributed by atoms with van der Waals surface area (Å²) in [5.41, 5.74) is 13.0. The van der Waals surface area contributed by atoms with Crippen molar-refractivity contribution in [1.82, 2.24) is 0 Å². The lowest BCUT2D eigenvalue weighted by Gasteiger charge is -2.27. The van der Waals surface area contributed by atoms with Gasteiger partial charge in [-0.2, -0.15) is 0 Å². The normalized spacial score (nSPS) is 11.8. The Morgan fingerprint density at radius 3 is 2.43 bits per heavy atom. The van der Waals surface area contributed by atoms with Gasteiger partial charge < -0.3 is 16.0 Å². The molecule has 1 aliphatic heterocycles. The molecule has 1 aliphatic rings. The zero-order chi connectivity index (χ0) is 15.9. The molecule has 0 saturated heterocycles. The van der Waals surface area contributed by atoms with Gasteiger partial charge in [-0.15, -0.1) is 12.4 Å². The third kappa shape index (κ3) is 3.10. The van der Waals surface area contributed by atoms with E-state index in [0.717, 1.165) is 30.0 Å². The third-order valence-electron chi connectivity index (χ3n) is 4.35. The number of benzene rings is 2. The zero-order valence-electron chi connectivity index (χ0n) is 14.1. The lowest BCUT2D eigenvalue weighted by Crippen LogP contribution is -2.21. The summed E-state index contributed by atoms with van der Waals surface area (Å²) in [5, 5.41) is 3.56. The SMILES string of the molecule is CCN(CC)c1ccc2c(c1)Sc1c(cc(C)c(N)c1C)N2.Cl. The van der Waals surface area contributed by atoms with Crippen molar-refractivity contribution >= 4 is 46.9 Å². The van der Waals surface area contributed by atoms with E-state index in [-0.39, 0.29) is 12.4 Å². The van der Waals surface area contributed by atoms with Gasteiger partial charge >= 0.3 is 0 Å². The average Bonchev–Trinajstić information content (AvgIpc) is 2.53. The fourth-order valence-corrected chi connectivity index (χ4v) is 4.06. The topological polar surface area (TPSA) is 41.3 Å². The number of hydrogen-bond acceptors (Lipinski definition) is 4. The summed E-state index contributed by atoms with van der Waals surface area (Å²) in [5.74, 6) is 0. The van der Waals surface area contributed by atoms with Crippen LogP contribution in [0.15, 0.2) is 34.1 Å². The van der Waals surface area contributed by atoms with E-state index in [2.05, 4.69) is 62.2 Å². The van der Waals surface area contributed by atoms with Gasteiger partial charge in [0.2, 0.25) is 0 Å². The first-order chi connectivity index (χ1) is 10.5. The molecule has 0 atom stereocenters. The van der Waals surface area contributed by atoms with E-state index in [1.54, 1.807) is 0 Å². The Morgan fingerprint density at radius 1 is 1.09 bits per heavy atom. The van der Waals surface area contributed by atoms with Crippen molar-refractivity contribution in [2.24, 2.45) is 0 Å². The van der Waals surface area contributed by atoms with Crippen LogP contribution in [0.25, 0.3) is 0 Å². The molecule has 0 radical (unpaired) electrons. The highest BCUT2D eigenvalue weighted by Crippen LogP contribution is 2.48. The second-order valence-electron chi connectivity index (χ2n) is 5.69. The van der Waals surface area contributed by atoms with Gasteiger partial charge in [-0.25, -0.2) is 0 Å². The number of halogens is 1. The number of anilines is 4. The Balaban J connectivity index is 0.00000192. The first-order valence-electron chi connectivity index (χ1n) is 7.78. The Bertz CT molecular complexity index is 727. The smallest absolute Gasteiger partial charge is 0.0533 e. The van der Waals surface area contributed by atoms with Gasteiger partial charge in [0, 0.05) is 34.3 Å². The molecular formula is C18H24ClN3S. The van der Waals surface area contributed by atoms with E-state index in [9.17, 15) is 0 Å². The highest BCUT2D eigenvalue weighted by atomic mass is 35.5. The molecule has 0 fully saturated rings. The lowest BCUT2D eigenvalue weighted by molar-refractivity contribution is 0.864. The van der Waals surface area contributed by atoms with Crippen molar-refractivity contribution in [3.8, 4) is 0 Å². The van der Waals surface area contributed by atoms with Crippen LogP contribution in [0.3, 0.4) is 0 Å². The van der Waals surface area contributed by atoms with Crippen LogP contribution in [0.1, 0.15) is 25.0 Å². The molecule has 5 heteroatoms. The minimum atomic E-state index is 0. The van der Waals surface area contributed by atoms with Crippen LogP contribution in [-0.2, 0) is 0 Å². The predicted octanol–water partition coefficient (Wildman–Crippen LogP) is 5.36. The predicted molar refractivity (Wildman–Crippen MR) is 105 cm³/mol. The van der Waals surface area contributed by atoms with Crippen molar-refractivity contribution in [2.75, 3.05) is 29.0 Å². The van der Waals surface area contributed by atoms with Crippen molar-refractivity contribution in [3.63, 3.8) is 0 Å². The molecule has 0 unspecified atom stereocenters. The molecule has 0 aliphatic carbocycles. The van der Waals surface area contributed by atoms with Crippen LogP contribution in [0.5, 0.6) is 0 Å². The summed E-state index contributed by atoms with van der Waals surface area (Å²) >= 11 is 1.82. The number of aryl methyl sites for hydroxylation is 1. The minimum Gasteiger partial charge on any atom is -0.398 e. The van der Waals surface area contributed by atoms with Crippen molar-refractivity contribution in [3.05, 3.63) is 35.4 Å². The number of fused-ring (bicyclic) bond motifs is 2. The van der Waals surface area contributed by atoms with E-state index < -0.39 is 0 Å². The summed E-state index contributed by atoms with van der Waals surface area (Å²) in [6.45, 7) is 10.6. The van der Waals surface area contributed by atoms with Gasteiger partial charge in [0.25, 0.3) is 0 Å². The first-order valence-corrected chi connectivity index (χ1v) is 8.60.